The van der Waals surface area contributed by atoms with Crippen LogP contribution in [-0.2, 0) is 9.59 Å². The third-order valence-corrected chi connectivity index (χ3v) is 4.31. The summed E-state index contributed by atoms with van der Waals surface area (Å²) in [7, 11) is 0. The number of carbonyl (C=O) groups is 2. The third-order valence-electron chi connectivity index (χ3n) is 4.31. The highest BCUT2D eigenvalue weighted by molar-refractivity contribution is 5.87. The average molecular weight is 348 g/mol. The van der Waals surface area contributed by atoms with Gasteiger partial charge in [-0.3, -0.25) is 19.7 Å². The fourth-order valence-electron chi connectivity index (χ4n) is 2.90. The van der Waals surface area contributed by atoms with Gasteiger partial charge in [-0.1, -0.05) is 13.8 Å². The lowest BCUT2D eigenvalue weighted by molar-refractivity contribution is -0.384. The molecule has 1 unspecified atom stereocenters. The predicted octanol–water partition coefficient (Wildman–Crippen LogP) is 1.40. The monoisotopic (exact) mass is 348 g/mol. The van der Waals surface area contributed by atoms with Gasteiger partial charge in [0, 0.05) is 50.9 Å². The number of piperazine rings is 1. The van der Waals surface area contributed by atoms with E-state index in [1.807, 2.05) is 13.8 Å². The molecule has 0 saturated carbocycles. The molecule has 2 amide bonds. The summed E-state index contributed by atoms with van der Waals surface area (Å²) >= 11 is 0. The van der Waals surface area contributed by atoms with Gasteiger partial charge in [-0.2, -0.15) is 0 Å². The summed E-state index contributed by atoms with van der Waals surface area (Å²) in [6, 6.07) is 5.91. The average Bonchev–Trinajstić information content (AvgIpc) is 2.59. The van der Waals surface area contributed by atoms with Crippen molar-refractivity contribution < 1.29 is 14.5 Å². The van der Waals surface area contributed by atoms with Crippen molar-refractivity contribution >= 4 is 23.2 Å². The minimum absolute atomic E-state index is 0.0177. The fraction of sp³-hybridized carbons (Fsp3) is 0.529. The Morgan fingerprint density at radius 3 is 2.12 bits per heavy atom. The van der Waals surface area contributed by atoms with Crippen molar-refractivity contribution in [2.75, 3.05) is 31.1 Å². The molecule has 25 heavy (non-hydrogen) atoms. The number of carbonyl (C=O) groups excluding carboxylic acids is 2. The fourth-order valence-corrected chi connectivity index (χ4v) is 2.90. The van der Waals surface area contributed by atoms with Gasteiger partial charge in [0.2, 0.25) is 11.8 Å². The molecule has 1 aliphatic rings. The van der Waals surface area contributed by atoms with Crippen molar-refractivity contribution in [3.05, 3.63) is 34.4 Å². The smallest absolute Gasteiger partial charge is 0.269 e. The Labute approximate surface area is 146 Å². The normalized spacial score (nSPS) is 15.8. The molecule has 0 radical (unpaired) electrons. The van der Waals surface area contributed by atoms with Crippen LogP contribution in [0, 0.1) is 16.0 Å². The second kappa shape index (κ2) is 7.96. The molecule has 136 valence electrons. The zero-order valence-electron chi connectivity index (χ0n) is 14.8. The summed E-state index contributed by atoms with van der Waals surface area (Å²) in [6.07, 6.45) is 0. The van der Waals surface area contributed by atoms with Crippen LogP contribution < -0.4 is 10.2 Å². The minimum atomic E-state index is -0.511. The molecule has 0 bridgehead atoms. The van der Waals surface area contributed by atoms with Gasteiger partial charge in [-0.15, -0.1) is 0 Å². The second-order valence-corrected chi connectivity index (χ2v) is 6.51. The highest BCUT2D eigenvalue weighted by atomic mass is 16.6. The maximum absolute atomic E-state index is 12.7. The number of benzene rings is 1. The number of amides is 2. The molecule has 0 aromatic heterocycles. The van der Waals surface area contributed by atoms with Gasteiger partial charge >= 0.3 is 0 Å². The number of anilines is 1. The molecular weight excluding hydrogens is 324 g/mol. The molecule has 1 aromatic carbocycles. The molecule has 8 heteroatoms. The van der Waals surface area contributed by atoms with E-state index < -0.39 is 11.0 Å². The highest BCUT2D eigenvalue weighted by Gasteiger charge is 2.30. The van der Waals surface area contributed by atoms with Crippen LogP contribution in [0.2, 0.25) is 0 Å². The molecule has 0 aliphatic carbocycles. The first-order valence-corrected chi connectivity index (χ1v) is 8.35. The lowest BCUT2D eigenvalue weighted by atomic mass is 10.0. The summed E-state index contributed by atoms with van der Waals surface area (Å²) in [5.74, 6) is -0.255. The number of non-ortho nitro benzene ring substituents is 1. The SMILES string of the molecule is CC(=O)NC(C(=O)N1CCN(c2ccc([N+](=O)[O-])cc2)CC1)C(C)C. The number of nitrogens with zero attached hydrogens (tertiary/aromatic N) is 3. The number of nitrogens with one attached hydrogen (secondary N) is 1. The van der Waals surface area contributed by atoms with Crippen molar-refractivity contribution in [2.45, 2.75) is 26.8 Å². The molecule has 0 spiro atoms. The molecule has 1 aliphatic heterocycles. The van der Waals surface area contributed by atoms with Crippen molar-refractivity contribution in [2.24, 2.45) is 5.92 Å². The molecule has 2 rings (SSSR count). The molecule has 1 heterocycles. The summed E-state index contributed by atoms with van der Waals surface area (Å²) in [6.45, 7) is 7.63. The number of nitro benzene ring substituents is 1. The van der Waals surface area contributed by atoms with Gasteiger partial charge in [-0.05, 0) is 18.1 Å². The predicted molar refractivity (Wildman–Crippen MR) is 94.3 cm³/mol. The maximum atomic E-state index is 12.7. The molecule has 8 nitrogen and oxygen atoms in total. The van der Waals surface area contributed by atoms with Gasteiger partial charge in [-0.25, -0.2) is 0 Å². The van der Waals surface area contributed by atoms with E-state index in [1.165, 1.54) is 19.1 Å². The number of rotatable bonds is 5. The first-order chi connectivity index (χ1) is 11.8. The quantitative estimate of drug-likeness (QED) is 0.641. The Balaban J connectivity index is 1.97. The summed E-state index contributed by atoms with van der Waals surface area (Å²) in [4.78, 5) is 38.1. The standard InChI is InChI=1S/C17H24N4O4/c1-12(2)16(18-13(3)22)17(23)20-10-8-19(9-11-20)14-4-6-15(7-5-14)21(24)25/h4-7,12,16H,8-11H2,1-3H3,(H,18,22). The van der Waals surface area contributed by atoms with E-state index in [1.54, 1.807) is 17.0 Å². The number of hydrogen-bond donors (Lipinski definition) is 1. The van der Waals surface area contributed by atoms with Crippen LogP contribution >= 0.6 is 0 Å². The van der Waals surface area contributed by atoms with Crippen LogP contribution in [0.5, 0.6) is 0 Å². The first kappa shape index (κ1) is 18.7. The summed E-state index contributed by atoms with van der Waals surface area (Å²) in [5.41, 5.74) is 0.965. The van der Waals surface area contributed by atoms with Crippen molar-refractivity contribution in [1.29, 1.82) is 0 Å². The van der Waals surface area contributed by atoms with E-state index in [4.69, 9.17) is 0 Å². The van der Waals surface area contributed by atoms with Crippen molar-refractivity contribution in [1.82, 2.24) is 10.2 Å². The number of hydrogen-bond acceptors (Lipinski definition) is 5. The maximum Gasteiger partial charge on any atom is 0.269 e. The topological polar surface area (TPSA) is 95.8 Å². The van der Waals surface area contributed by atoms with Crippen LogP contribution in [0.25, 0.3) is 0 Å². The van der Waals surface area contributed by atoms with Crippen LogP contribution in [-0.4, -0.2) is 53.9 Å². The highest BCUT2D eigenvalue weighted by Crippen LogP contribution is 2.21. The second-order valence-electron chi connectivity index (χ2n) is 6.51. The largest absolute Gasteiger partial charge is 0.368 e. The van der Waals surface area contributed by atoms with E-state index in [-0.39, 0.29) is 23.4 Å². The van der Waals surface area contributed by atoms with Crippen LogP contribution in [0.4, 0.5) is 11.4 Å². The van der Waals surface area contributed by atoms with Crippen molar-refractivity contribution in [3.63, 3.8) is 0 Å². The van der Waals surface area contributed by atoms with E-state index >= 15 is 0 Å². The Hall–Kier alpha value is -2.64. The van der Waals surface area contributed by atoms with Gasteiger partial charge in [0.05, 0.1) is 4.92 Å². The Morgan fingerprint density at radius 2 is 1.68 bits per heavy atom. The van der Waals surface area contributed by atoms with E-state index in [0.29, 0.717) is 26.2 Å². The molecule has 1 N–H and O–H groups in total. The lowest BCUT2D eigenvalue weighted by Crippen LogP contribution is -2.56. The van der Waals surface area contributed by atoms with Gasteiger partial charge in [0.15, 0.2) is 0 Å². The summed E-state index contributed by atoms with van der Waals surface area (Å²) < 4.78 is 0. The van der Waals surface area contributed by atoms with Gasteiger partial charge < -0.3 is 15.1 Å². The summed E-state index contributed by atoms with van der Waals surface area (Å²) in [5, 5.41) is 13.4. The first-order valence-electron chi connectivity index (χ1n) is 8.35. The molecule has 1 aromatic rings. The lowest BCUT2D eigenvalue weighted by Gasteiger charge is -2.38. The van der Waals surface area contributed by atoms with Crippen LogP contribution in [0.1, 0.15) is 20.8 Å². The van der Waals surface area contributed by atoms with E-state index in [9.17, 15) is 19.7 Å². The third kappa shape index (κ3) is 4.68. The Bertz CT molecular complexity index is 637. The Kier molecular flexibility index (Phi) is 5.95. The zero-order valence-corrected chi connectivity index (χ0v) is 14.8. The number of nitro groups is 1. The van der Waals surface area contributed by atoms with E-state index in [0.717, 1.165) is 5.69 Å². The van der Waals surface area contributed by atoms with Gasteiger partial charge in [0.1, 0.15) is 6.04 Å². The molecule has 1 atom stereocenters. The van der Waals surface area contributed by atoms with Crippen molar-refractivity contribution in [3.8, 4) is 0 Å². The molecule has 1 saturated heterocycles. The van der Waals surface area contributed by atoms with Crippen LogP contribution in [0.3, 0.4) is 0 Å². The van der Waals surface area contributed by atoms with Crippen LogP contribution in [0.15, 0.2) is 24.3 Å². The molecule has 1 fully saturated rings. The zero-order chi connectivity index (χ0) is 18.6. The minimum Gasteiger partial charge on any atom is -0.368 e. The molecular formula is C17H24N4O4. The Morgan fingerprint density at radius 1 is 1.12 bits per heavy atom. The van der Waals surface area contributed by atoms with Gasteiger partial charge in [0.25, 0.3) is 5.69 Å². The van der Waals surface area contributed by atoms with E-state index in [2.05, 4.69) is 10.2 Å².